The summed E-state index contributed by atoms with van der Waals surface area (Å²) in [5, 5.41) is 13.1. The molecular formula is C27H30F2N6O2. The van der Waals surface area contributed by atoms with Crippen molar-refractivity contribution in [3.63, 3.8) is 0 Å². The number of ether oxygens (including phenoxy) is 1. The largest absolute Gasteiger partial charge is 0.371 e. The van der Waals surface area contributed by atoms with Crippen LogP contribution in [0, 0.1) is 17.0 Å². The van der Waals surface area contributed by atoms with Crippen molar-refractivity contribution in [2.45, 2.75) is 45.9 Å². The maximum absolute atomic E-state index is 14.7. The van der Waals surface area contributed by atoms with Crippen LogP contribution < -0.4 is 5.32 Å². The van der Waals surface area contributed by atoms with Crippen LogP contribution in [0.3, 0.4) is 0 Å². The molecule has 0 fully saturated rings. The van der Waals surface area contributed by atoms with E-state index in [4.69, 9.17) is 9.72 Å². The number of methoxy groups -OCH3 is 1. The first kappa shape index (κ1) is 26.2. The Labute approximate surface area is 214 Å². The average Bonchev–Trinajstić information content (AvgIpc) is 3.52. The number of imidazole rings is 1. The predicted octanol–water partition coefficient (Wildman–Crippen LogP) is 4.46. The Balaban J connectivity index is 1.78. The maximum Gasteiger partial charge on any atom is 0.250 e. The van der Waals surface area contributed by atoms with Crippen LogP contribution in [0.5, 0.6) is 0 Å². The molecule has 2 N–H and O–H groups in total. The molecule has 1 amide bonds. The highest BCUT2D eigenvalue weighted by Gasteiger charge is 2.41. The van der Waals surface area contributed by atoms with Gasteiger partial charge in [-0.05, 0) is 29.2 Å². The van der Waals surface area contributed by atoms with Gasteiger partial charge in [0.25, 0.3) is 0 Å². The van der Waals surface area contributed by atoms with Crippen molar-refractivity contribution < 1.29 is 18.3 Å². The van der Waals surface area contributed by atoms with Crippen LogP contribution in [-0.4, -0.2) is 44.1 Å². The number of aromatic nitrogens is 5. The van der Waals surface area contributed by atoms with E-state index < -0.39 is 29.1 Å². The Morgan fingerprint density at radius 2 is 1.92 bits per heavy atom. The molecule has 8 nitrogen and oxygen atoms in total. The van der Waals surface area contributed by atoms with Crippen molar-refractivity contribution in [1.82, 2.24) is 30.3 Å². The summed E-state index contributed by atoms with van der Waals surface area (Å²) in [6.45, 7) is 6.55. The number of carbonyl (C=O) groups excluding carboxylic acids is 1. The fourth-order valence-corrected chi connectivity index (χ4v) is 4.37. The zero-order chi connectivity index (χ0) is 26.6. The van der Waals surface area contributed by atoms with Crippen LogP contribution in [0.15, 0.2) is 60.9 Å². The minimum Gasteiger partial charge on any atom is -0.371 e. The summed E-state index contributed by atoms with van der Waals surface area (Å²) in [6.07, 6.45) is 2.29. The van der Waals surface area contributed by atoms with E-state index in [1.165, 1.54) is 13.3 Å². The number of carbonyl (C=O) groups is 1. The summed E-state index contributed by atoms with van der Waals surface area (Å²) < 4.78 is 36.4. The molecule has 10 heteroatoms. The topological polar surface area (TPSA) is 97.7 Å². The summed E-state index contributed by atoms with van der Waals surface area (Å²) in [4.78, 5) is 18.1. The second-order valence-corrected chi connectivity index (χ2v) is 9.90. The van der Waals surface area contributed by atoms with Crippen molar-refractivity contribution in [2.75, 3.05) is 7.11 Å². The number of halogens is 2. The van der Waals surface area contributed by atoms with Crippen LogP contribution in [0.25, 0.3) is 11.3 Å². The molecule has 2 heterocycles. The first-order valence-electron chi connectivity index (χ1n) is 11.9. The molecule has 194 valence electrons. The van der Waals surface area contributed by atoms with E-state index in [1.54, 1.807) is 6.20 Å². The Morgan fingerprint density at radius 3 is 2.57 bits per heavy atom. The van der Waals surface area contributed by atoms with Gasteiger partial charge in [0, 0.05) is 25.4 Å². The second kappa shape index (κ2) is 11.0. The van der Waals surface area contributed by atoms with Gasteiger partial charge in [-0.15, -0.1) is 0 Å². The van der Waals surface area contributed by atoms with E-state index in [-0.39, 0.29) is 23.7 Å². The number of amides is 1. The van der Waals surface area contributed by atoms with Crippen LogP contribution in [0.4, 0.5) is 8.78 Å². The molecule has 2 aromatic heterocycles. The van der Waals surface area contributed by atoms with Gasteiger partial charge in [0.15, 0.2) is 0 Å². The van der Waals surface area contributed by atoms with Crippen LogP contribution in [-0.2, 0) is 22.6 Å². The summed E-state index contributed by atoms with van der Waals surface area (Å²) in [5.74, 6) is -1.51. The third-order valence-corrected chi connectivity index (χ3v) is 6.14. The lowest BCUT2D eigenvalue weighted by atomic mass is 9.76. The lowest BCUT2D eigenvalue weighted by molar-refractivity contribution is -0.134. The van der Waals surface area contributed by atoms with Crippen LogP contribution in [0.1, 0.15) is 43.8 Å². The Hall–Kier alpha value is -3.92. The minimum absolute atomic E-state index is 0.0465. The molecule has 2 aromatic carbocycles. The van der Waals surface area contributed by atoms with E-state index >= 15 is 0 Å². The molecule has 0 spiro atoms. The summed E-state index contributed by atoms with van der Waals surface area (Å²) >= 11 is 0. The molecule has 0 saturated carbocycles. The molecule has 1 unspecified atom stereocenters. The number of rotatable bonds is 9. The summed E-state index contributed by atoms with van der Waals surface area (Å²) in [7, 11) is 1.47. The number of nitrogens with zero attached hydrogens (tertiary/aromatic N) is 4. The normalized spacial score (nSPS) is 13.4. The first-order valence-corrected chi connectivity index (χ1v) is 11.9. The third-order valence-electron chi connectivity index (χ3n) is 6.14. The number of hydrogen-bond acceptors (Lipinski definition) is 5. The number of benzene rings is 2. The monoisotopic (exact) mass is 508 g/mol. The maximum atomic E-state index is 14.7. The number of hydrogen-bond donors (Lipinski definition) is 2. The van der Waals surface area contributed by atoms with Gasteiger partial charge in [-0.1, -0.05) is 51.1 Å². The Bertz CT molecular complexity index is 1330. The molecule has 0 aliphatic carbocycles. The van der Waals surface area contributed by atoms with Gasteiger partial charge in [0.1, 0.15) is 29.3 Å². The van der Waals surface area contributed by atoms with Gasteiger partial charge in [-0.25, -0.2) is 13.8 Å². The zero-order valence-corrected chi connectivity index (χ0v) is 21.2. The van der Waals surface area contributed by atoms with Gasteiger partial charge in [0.2, 0.25) is 5.91 Å². The minimum atomic E-state index is -0.922. The predicted molar refractivity (Wildman–Crippen MR) is 134 cm³/mol. The molecule has 0 saturated heterocycles. The van der Waals surface area contributed by atoms with E-state index in [1.807, 2.05) is 55.7 Å². The van der Waals surface area contributed by atoms with Crippen molar-refractivity contribution in [3.05, 3.63) is 89.6 Å². The first-order chi connectivity index (χ1) is 17.7. The Morgan fingerprint density at radius 1 is 1.16 bits per heavy atom. The molecule has 0 radical (unpaired) electrons. The van der Waals surface area contributed by atoms with Crippen molar-refractivity contribution in [3.8, 4) is 11.3 Å². The second-order valence-electron chi connectivity index (χ2n) is 9.90. The highest BCUT2D eigenvalue weighted by Crippen LogP contribution is 2.40. The van der Waals surface area contributed by atoms with Gasteiger partial charge in [-0.3, -0.25) is 4.79 Å². The van der Waals surface area contributed by atoms with Gasteiger partial charge in [-0.2, -0.15) is 15.4 Å². The molecule has 37 heavy (non-hydrogen) atoms. The molecule has 0 aliphatic rings. The smallest absolute Gasteiger partial charge is 0.250 e. The standard InChI is InChI=1S/C27H30F2N6O2/c1-27(2,3)23(24(37-4)26(36)30-13-19-14-31-34-33-19)25-32-22(20-12-18(28)10-11-21(20)29)16-35(25)15-17-8-6-5-7-9-17/h5-12,14,16,23-24H,13,15H2,1-4H3,(H,30,36)(H,31,33,34)/t23-,24?/m0/s1. The SMILES string of the molecule is COC(C(=O)NCc1cn[nH]n1)[C@@H](c1nc(-c2cc(F)ccc2F)cn1Cc1ccccc1)C(C)(C)C. The van der Waals surface area contributed by atoms with E-state index in [0.29, 0.717) is 18.1 Å². The van der Waals surface area contributed by atoms with E-state index in [9.17, 15) is 13.6 Å². The van der Waals surface area contributed by atoms with Crippen LogP contribution >= 0.6 is 0 Å². The van der Waals surface area contributed by atoms with E-state index in [0.717, 1.165) is 23.8 Å². The fraction of sp³-hybridized carbons (Fsp3) is 0.333. The lowest BCUT2D eigenvalue weighted by Gasteiger charge is -2.35. The Kier molecular flexibility index (Phi) is 7.77. The highest BCUT2D eigenvalue weighted by atomic mass is 19.1. The molecule has 0 bridgehead atoms. The quantitative estimate of drug-likeness (QED) is 0.348. The number of nitrogens with one attached hydrogen (secondary N) is 2. The third kappa shape index (κ3) is 6.08. The molecule has 4 aromatic rings. The highest BCUT2D eigenvalue weighted by molar-refractivity contribution is 5.82. The zero-order valence-electron chi connectivity index (χ0n) is 21.2. The molecule has 4 rings (SSSR count). The van der Waals surface area contributed by atoms with Crippen molar-refractivity contribution in [1.29, 1.82) is 0 Å². The van der Waals surface area contributed by atoms with Crippen molar-refractivity contribution >= 4 is 5.91 Å². The number of H-pyrrole nitrogens is 1. The average molecular weight is 509 g/mol. The fourth-order valence-electron chi connectivity index (χ4n) is 4.37. The molecule has 0 aliphatic heterocycles. The van der Waals surface area contributed by atoms with Gasteiger partial charge < -0.3 is 14.6 Å². The van der Waals surface area contributed by atoms with Crippen molar-refractivity contribution in [2.24, 2.45) is 5.41 Å². The summed E-state index contributed by atoms with van der Waals surface area (Å²) in [6, 6.07) is 13.0. The molecular weight excluding hydrogens is 478 g/mol. The number of aromatic amines is 1. The van der Waals surface area contributed by atoms with Gasteiger partial charge >= 0.3 is 0 Å². The lowest BCUT2D eigenvalue weighted by Crippen LogP contribution is -2.44. The van der Waals surface area contributed by atoms with E-state index in [2.05, 4.69) is 20.7 Å². The summed E-state index contributed by atoms with van der Waals surface area (Å²) in [5.41, 5.74) is 1.39. The molecule has 2 atom stereocenters. The van der Waals surface area contributed by atoms with Crippen LogP contribution in [0.2, 0.25) is 0 Å². The van der Waals surface area contributed by atoms with Gasteiger partial charge in [0.05, 0.1) is 24.4 Å².